The molecule has 56 valence electrons. The van der Waals surface area contributed by atoms with Crippen molar-refractivity contribution in [3.8, 4) is 0 Å². The van der Waals surface area contributed by atoms with Gasteiger partial charge < -0.3 is 11.5 Å². The van der Waals surface area contributed by atoms with Crippen LogP contribution >= 0.6 is 0 Å². The molecule has 1 aliphatic carbocycles. The van der Waals surface area contributed by atoms with E-state index in [9.17, 15) is 4.79 Å². The molecule has 3 nitrogen and oxygen atoms in total. The smallest absolute Gasteiger partial charge is 0.264 e. The standard InChI is InChI=1S/C7H12N2O/c8-6(7(9)10)4-5-2-1-3-5/h4-5H,1-3,8H2,(H2,9,10)/b6-4-. The molecule has 1 fully saturated rings. The fourth-order valence-corrected chi connectivity index (χ4v) is 0.943. The van der Waals surface area contributed by atoms with E-state index in [1.807, 2.05) is 0 Å². The lowest BCUT2D eigenvalue weighted by atomic mass is 9.85. The number of hydrogen-bond acceptors (Lipinski definition) is 2. The average molecular weight is 140 g/mol. The van der Waals surface area contributed by atoms with Gasteiger partial charge in [-0.15, -0.1) is 0 Å². The molecule has 1 rings (SSSR count). The lowest BCUT2D eigenvalue weighted by molar-refractivity contribution is -0.114. The van der Waals surface area contributed by atoms with Crippen LogP contribution in [0.15, 0.2) is 11.8 Å². The van der Waals surface area contributed by atoms with Gasteiger partial charge in [0.25, 0.3) is 5.91 Å². The number of primary amides is 1. The van der Waals surface area contributed by atoms with Gasteiger partial charge in [0, 0.05) is 0 Å². The largest absolute Gasteiger partial charge is 0.395 e. The first kappa shape index (κ1) is 7.12. The van der Waals surface area contributed by atoms with Crippen molar-refractivity contribution >= 4 is 5.91 Å². The van der Waals surface area contributed by atoms with Crippen molar-refractivity contribution in [2.24, 2.45) is 17.4 Å². The first-order valence-electron chi connectivity index (χ1n) is 3.47. The number of hydrogen-bond donors (Lipinski definition) is 2. The van der Waals surface area contributed by atoms with Crippen LogP contribution < -0.4 is 11.5 Å². The molecule has 3 heteroatoms. The summed E-state index contributed by atoms with van der Waals surface area (Å²) in [7, 11) is 0. The molecule has 0 atom stereocenters. The Hall–Kier alpha value is -0.990. The molecule has 0 aliphatic heterocycles. The van der Waals surface area contributed by atoms with Crippen molar-refractivity contribution in [3.63, 3.8) is 0 Å². The predicted octanol–water partition coefficient (Wildman–Crippen LogP) is 0.114. The van der Waals surface area contributed by atoms with E-state index in [1.165, 1.54) is 6.42 Å². The van der Waals surface area contributed by atoms with Crippen molar-refractivity contribution in [1.82, 2.24) is 0 Å². The molecule has 1 saturated carbocycles. The van der Waals surface area contributed by atoms with Crippen molar-refractivity contribution in [2.45, 2.75) is 19.3 Å². The Morgan fingerprint density at radius 1 is 1.40 bits per heavy atom. The molecular weight excluding hydrogens is 128 g/mol. The molecular formula is C7H12N2O. The number of nitrogens with two attached hydrogens (primary N) is 2. The zero-order chi connectivity index (χ0) is 7.56. The fraction of sp³-hybridized carbons (Fsp3) is 0.571. The number of carbonyl (C=O) groups excluding carboxylic acids is 1. The highest BCUT2D eigenvalue weighted by atomic mass is 16.1. The Morgan fingerprint density at radius 2 is 2.00 bits per heavy atom. The second-order valence-electron chi connectivity index (χ2n) is 2.68. The average Bonchev–Trinajstić information content (AvgIpc) is 1.77. The SMILES string of the molecule is NC(=O)/C(N)=C/C1CCC1. The van der Waals surface area contributed by atoms with Gasteiger partial charge in [0.1, 0.15) is 0 Å². The third-order valence-electron chi connectivity index (χ3n) is 1.85. The minimum Gasteiger partial charge on any atom is -0.395 e. The van der Waals surface area contributed by atoms with Gasteiger partial charge in [-0.1, -0.05) is 12.5 Å². The number of allylic oxidation sites excluding steroid dienone is 1. The lowest BCUT2D eigenvalue weighted by Gasteiger charge is -2.21. The Bertz CT molecular complexity index is 170. The molecule has 10 heavy (non-hydrogen) atoms. The van der Waals surface area contributed by atoms with Gasteiger partial charge in [0.2, 0.25) is 0 Å². The molecule has 1 aliphatic rings. The van der Waals surface area contributed by atoms with Crippen molar-refractivity contribution in [2.75, 3.05) is 0 Å². The van der Waals surface area contributed by atoms with Gasteiger partial charge >= 0.3 is 0 Å². The fourth-order valence-electron chi connectivity index (χ4n) is 0.943. The van der Waals surface area contributed by atoms with Crippen LogP contribution in [0.4, 0.5) is 0 Å². The quantitative estimate of drug-likeness (QED) is 0.535. The summed E-state index contributed by atoms with van der Waals surface area (Å²) in [6, 6.07) is 0. The Balaban J connectivity index is 2.44. The third kappa shape index (κ3) is 1.50. The molecule has 0 radical (unpaired) electrons. The van der Waals surface area contributed by atoms with Crippen LogP contribution in [0, 0.1) is 5.92 Å². The van der Waals surface area contributed by atoms with E-state index in [2.05, 4.69) is 0 Å². The highest BCUT2D eigenvalue weighted by molar-refractivity contribution is 5.90. The van der Waals surface area contributed by atoms with E-state index in [-0.39, 0.29) is 5.70 Å². The minimum absolute atomic E-state index is 0.213. The zero-order valence-corrected chi connectivity index (χ0v) is 5.84. The van der Waals surface area contributed by atoms with Crippen LogP contribution in [0.25, 0.3) is 0 Å². The maximum absolute atomic E-state index is 10.4. The topological polar surface area (TPSA) is 69.1 Å². The molecule has 0 spiro atoms. The Morgan fingerprint density at radius 3 is 2.30 bits per heavy atom. The van der Waals surface area contributed by atoms with Gasteiger partial charge in [-0.2, -0.15) is 0 Å². The molecule has 4 N–H and O–H groups in total. The summed E-state index contributed by atoms with van der Waals surface area (Å²) < 4.78 is 0. The Labute approximate surface area is 60.1 Å². The first-order chi connectivity index (χ1) is 4.70. The van der Waals surface area contributed by atoms with Gasteiger partial charge in [-0.3, -0.25) is 4.79 Å². The summed E-state index contributed by atoms with van der Waals surface area (Å²) in [4.78, 5) is 10.4. The van der Waals surface area contributed by atoms with E-state index in [0.29, 0.717) is 5.92 Å². The van der Waals surface area contributed by atoms with Crippen molar-refractivity contribution in [1.29, 1.82) is 0 Å². The van der Waals surface area contributed by atoms with E-state index >= 15 is 0 Å². The molecule has 0 aromatic carbocycles. The summed E-state index contributed by atoms with van der Waals surface area (Å²) >= 11 is 0. The normalized spacial score (nSPS) is 20.2. The highest BCUT2D eigenvalue weighted by Gasteiger charge is 2.15. The highest BCUT2D eigenvalue weighted by Crippen LogP contribution is 2.27. The molecule has 1 amide bonds. The van der Waals surface area contributed by atoms with E-state index in [1.54, 1.807) is 6.08 Å². The van der Waals surface area contributed by atoms with Gasteiger partial charge in [-0.05, 0) is 18.8 Å². The lowest BCUT2D eigenvalue weighted by Crippen LogP contribution is -2.22. The summed E-state index contributed by atoms with van der Waals surface area (Å²) in [5.74, 6) is -0.000556. The molecule has 0 bridgehead atoms. The van der Waals surface area contributed by atoms with Gasteiger partial charge in [0.15, 0.2) is 0 Å². The van der Waals surface area contributed by atoms with E-state index < -0.39 is 5.91 Å². The van der Waals surface area contributed by atoms with Crippen molar-refractivity contribution < 1.29 is 4.79 Å². The summed E-state index contributed by atoms with van der Waals surface area (Å²) in [6.45, 7) is 0. The number of rotatable bonds is 2. The first-order valence-corrected chi connectivity index (χ1v) is 3.47. The molecule has 0 heterocycles. The number of carbonyl (C=O) groups is 1. The van der Waals surface area contributed by atoms with Crippen LogP contribution in [0.3, 0.4) is 0 Å². The Kier molecular flexibility index (Phi) is 1.94. The number of amides is 1. The zero-order valence-electron chi connectivity index (χ0n) is 5.84. The van der Waals surface area contributed by atoms with Crippen LogP contribution in [-0.2, 0) is 4.79 Å². The molecule has 0 saturated heterocycles. The molecule has 0 unspecified atom stereocenters. The maximum atomic E-state index is 10.4. The maximum Gasteiger partial charge on any atom is 0.264 e. The summed E-state index contributed by atoms with van der Waals surface area (Å²) in [5.41, 5.74) is 10.5. The van der Waals surface area contributed by atoms with Gasteiger partial charge in [0.05, 0.1) is 5.70 Å². The van der Waals surface area contributed by atoms with Crippen LogP contribution in [0.1, 0.15) is 19.3 Å². The summed E-state index contributed by atoms with van der Waals surface area (Å²) in [5, 5.41) is 0. The van der Waals surface area contributed by atoms with Gasteiger partial charge in [-0.25, -0.2) is 0 Å². The predicted molar refractivity (Wildman–Crippen MR) is 38.8 cm³/mol. The monoisotopic (exact) mass is 140 g/mol. The van der Waals surface area contributed by atoms with E-state index in [4.69, 9.17) is 11.5 Å². The van der Waals surface area contributed by atoms with E-state index in [0.717, 1.165) is 12.8 Å². The summed E-state index contributed by atoms with van der Waals surface area (Å²) in [6.07, 6.45) is 5.31. The molecule has 0 aromatic heterocycles. The third-order valence-corrected chi connectivity index (χ3v) is 1.85. The van der Waals surface area contributed by atoms with Crippen LogP contribution in [0.5, 0.6) is 0 Å². The minimum atomic E-state index is -0.507. The molecule has 0 aromatic rings. The van der Waals surface area contributed by atoms with Crippen molar-refractivity contribution in [3.05, 3.63) is 11.8 Å². The van der Waals surface area contributed by atoms with Crippen LogP contribution in [-0.4, -0.2) is 5.91 Å². The second-order valence-corrected chi connectivity index (χ2v) is 2.68. The van der Waals surface area contributed by atoms with Crippen LogP contribution in [0.2, 0.25) is 0 Å². The second kappa shape index (κ2) is 2.73.